The molecule has 0 bridgehead atoms. The molecule has 0 N–H and O–H groups in total. The van der Waals surface area contributed by atoms with Gasteiger partial charge in [0.05, 0.1) is 12.7 Å². The standard InChI is InChI=1S/C23H21NO4/c1-27-23(26)20-8-4-10-21-19(20)9-5-13-24(21)22(25)15-28-18-12-11-16-6-2-3-7-17(16)14-18/h2-4,6-8,10-12,14H,5,9,13,15H2,1H3. The maximum atomic E-state index is 12.8. The quantitative estimate of drug-likeness (QED) is 0.647. The second-order valence-corrected chi connectivity index (χ2v) is 6.74. The zero-order valence-electron chi connectivity index (χ0n) is 15.7. The largest absolute Gasteiger partial charge is 0.484 e. The molecule has 3 aromatic carbocycles. The van der Waals surface area contributed by atoms with Crippen molar-refractivity contribution in [2.75, 3.05) is 25.2 Å². The van der Waals surface area contributed by atoms with Crippen molar-refractivity contribution in [1.29, 1.82) is 0 Å². The van der Waals surface area contributed by atoms with Gasteiger partial charge < -0.3 is 14.4 Å². The Labute approximate surface area is 163 Å². The van der Waals surface area contributed by atoms with Gasteiger partial charge in [-0.15, -0.1) is 0 Å². The molecule has 142 valence electrons. The Morgan fingerprint density at radius 3 is 2.64 bits per heavy atom. The first-order chi connectivity index (χ1) is 13.7. The SMILES string of the molecule is COC(=O)c1cccc2c1CCCN2C(=O)COc1ccc2ccccc2c1. The van der Waals surface area contributed by atoms with Crippen molar-refractivity contribution < 1.29 is 19.1 Å². The maximum Gasteiger partial charge on any atom is 0.338 e. The van der Waals surface area contributed by atoms with E-state index < -0.39 is 0 Å². The van der Waals surface area contributed by atoms with Gasteiger partial charge in [-0.05, 0) is 53.4 Å². The van der Waals surface area contributed by atoms with Crippen molar-refractivity contribution in [2.45, 2.75) is 12.8 Å². The lowest BCUT2D eigenvalue weighted by Gasteiger charge is -2.30. The summed E-state index contributed by atoms with van der Waals surface area (Å²) in [5.74, 6) is 0.155. The smallest absolute Gasteiger partial charge is 0.338 e. The van der Waals surface area contributed by atoms with Gasteiger partial charge in [-0.1, -0.05) is 36.4 Å². The molecule has 1 amide bonds. The minimum absolute atomic E-state index is 0.0553. The second-order valence-electron chi connectivity index (χ2n) is 6.74. The number of carbonyl (C=O) groups is 2. The van der Waals surface area contributed by atoms with Crippen LogP contribution in [0.1, 0.15) is 22.3 Å². The third-order valence-electron chi connectivity index (χ3n) is 5.04. The van der Waals surface area contributed by atoms with E-state index in [0.717, 1.165) is 34.9 Å². The van der Waals surface area contributed by atoms with Crippen LogP contribution in [0.3, 0.4) is 0 Å². The monoisotopic (exact) mass is 375 g/mol. The van der Waals surface area contributed by atoms with Crippen LogP contribution in [0.5, 0.6) is 5.75 Å². The van der Waals surface area contributed by atoms with Gasteiger partial charge in [0, 0.05) is 12.2 Å². The molecule has 4 rings (SSSR count). The van der Waals surface area contributed by atoms with E-state index in [0.29, 0.717) is 17.9 Å². The number of nitrogens with zero attached hydrogens (tertiary/aromatic N) is 1. The van der Waals surface area contributed by atoms with Crippen LogP contribution in [-0.4, -0.2) is 32.1 Å². The summed E-state index contributed by atoms with van der Waals surface area (Å²) >= 11 is 0. The number of carbonyl (C=O) groups excluding carboxylic acids is 2. The summed E-state index contributed by atoms with van der Waals surface area (Å²) in [4.78, 5) is 26.6. The number of ether oxygens (including phenoxy) is 2. The summed E-state index contributed by atoms with van der Waals surface area (Å²) < 4.78 is 10.6. The Kier molecular flexibility index (Phi) is 4.98. The molecule has 0 radical (unpaired) electrons. The van der Waals surface area contributed by atoms with Crippen LogP contribution in [0.25, 0.3) is 10.8 Å². The normalized spacial score (nSPS) is 13.1. The van der Waals surface area contributed by atoms with Crippen molar-refractivity contribution in [3.8, 4) is 5.75 Å². The molecule has 5 nitrogen and oxygen atoms in total. The molecular weight excluding hydrogens is 354 g/mol. The molecule has 1 aliphatic rings. The average Bonchev–Trinajstić information content (AvgIpc) is 2.75. The predicted molar refractivity (Wildman–Crippen MR) is 108 cm³/mol. The molecule has 0 fully saturated rings. The van der Waals surface area contributed by atoms with Crippen LogP contribution >= 0.6 is 0 Å². The Balaban J connectivity index is 1.52. The second kappa shape index (κ2) is 7.72. The highest BCUT2D eigenvalue weighted by atomic mass is 16.5. The summed E-state index contributed by atoms with van der Waals surface area (Å²) in [5, 5.41) is 2.19. The van der Waals surface area contributed by atoms with Gasteiger partial charge in [0.1, 0.15) is 5.75 Å². The minimum Gasteiger partial charge on any atom is -0.484 e. The van der Waals surface area contributed by atoms with Crippen molar-refractivity contribution in [2.24, 2.45) is 0 Å². The zero-order chi connectivity index (χ0) is 19.5. The molecule has 5 heteroatoms. The molecule has 0 atom stereocenters. The molecule has 0 aromatic heterocycles. The highest BCUT2D eigenvalue weighted by molar-refractivity contribution is 5.99. The highest BCUT2D eigenvalue weighted by Gasteiger charge is 2.26. The third-order valence-corrected chi connectivity index (χ3v) is 5.04. The molecule has 0 saturated heterocycles. The Morgan fingerprint density at radius 2 is 1.82 bits per heavy atom. The van der Waals surface area contributed by atoms with E-state index in [4.69, 9.17) is 9.47 Å². The topological polar surface area (TPSA) is 55.8 Å². The van der Waals surface area contributed by atoms with Crippen LogP contribution < -0.4 is 9.64 Å². The van der Waals surface area contributed by atoms with Crippen LogP contribution in [0, 0.1) is 0 Å². The predicted octanol–water partition coefficient (Wildman–Crippen LogP) is 3.98. The van der Waals surface area contributed by atoms with Gasteiger partial charge >= 0.3 is 5.97 Å². The van der Waals surface area contributed by atoms with E-state index in [1.165, 1.54) is 7.11 Å². The van der Waals surface area contributed by atoms with E-state index in [1.54, 1.807) is 17.0 Å². The molecule has 0 saturated carbocycles. The fourth-order valence-electron chi connectivity index (χ4n) is 3.67. The number of rotatable bonds is 4. The number of benzene rings is 3. The van der Waals surface area contributed by atoms with Crippen LogP contribution in [0.2, 0.25) is 0 Å². The lowest BCUT2D eigenvalue weighted by Crippen LogP contribution is -2.39. The van der Waals surface area contributed by atoms with Crippen molar-refractivity contribution in [3.63, 3.8) is 0 Å². The minimum atomic E-state index is -0.376. The Morgan fingerprint density at radius 1 is 1.00 bits per heavy atom. The van der Waals surface area contributed by atoms with Gasteiger partial charge in [-0.2, -0.15) is 0 Å². The van der Waals surface area contributed by atoms with Crippen LogP contribution in [0.4, 0.5) is 5.69 Å². The van der Waals surface area contributed by atoms with Crippen LogP contribution in [-0.2, 0) is 16.0 Å². The lowest BCUT2D eigenvalue weighted by atomic mass is 9.96. The molecule has 1 aliphatic heterocycles. The van der Waals surface area contributed by atoms with E-state index in [-0.39, 0.29) is 18.5 Å². The van der Waals surface area contributed by atoms with Crippen molar-refractivity contribution in [3.05, 3.63) is 71.8 Å². The Bertz CT molecular complexity index is 1040. The number of anilines is 1. The number of methoxy groups -OCH3 is 1. The Hall–Kier alpha value is -3.34. The van der Waals surface area contributed by atoms with E-state index in [9.17, 15) is 9.59 Å². The third kappa shape index (κ3) is 3.43. The molecule has 3 aromatic rings. The molecule has 0 spiro atoms. The lowest BCUT2D eigenvalue weighted by molar-refractivity contribution is -0.120. The number of fused-ring (bicyclic) bond motifs is 2. The van der Waals surface area contributed by atoms with Gasteiger partial charge in [-0.3, -0.25) is 4.79 Å². The van der Waals surface area contributed by atoms with E-state index in [1.807, 2.05) is 48.5 Å². The highest BCUT2D eigenvalue weighted by Crippen LogP contribution is 2.30. The first kappa shape index (κ1) is 18.0. The first-order valence-corrected chi connectivity index (χ1v) is 9.29. The maximum absolute atomic E-state index is 12.8. The fourth-order valence-corrected chi connectivity index (χ4v) is 3.67. The van der Waals surface area contributed by atoms with Crippen LogP contribution in [0.15, 0.2) is 60.7 Å². The number of amides is 1. The number of hydrogen-bond donors (Lipinski definition) is 0. The molecular formula is C23H21NO4. The van der Waals surface area contributed by atoms with Crippen molar-refractivity contribution >= 4 is 28.3 Å². The molecule has 28 heavy (non-hydrogen) atoms. The van der Waals surface area contributed by atoms with Gasteiger partial charge in [0.25, 0.3) is 5.91 Å². The summed E-state index contributed by atoms with van der Waals surface area (Å²) in [7, 11) is 1.37. The average molecular weight is 375 g/mol. The van der Waals surface area contributed by atoms with Crippen molar-refractivity contribution in [1.82, 2.24) is 0 Å². The van der Waals surface area contributed by atoms with E-state index in [2.05, 4.69) is 0 Å². The number of esters is 1. The number of hydrogen-bond acceptors (Lipinski definition) is 4. The van der Waals surface area contributed by atoms with Gasteiger partial charge in [0.15, 0.2) is 6.61 Å². The summed E-state index contributed by atoms with van der Waals surface area (Å²) in [6.45, 7) is 0.553. The van der Waals surface area contributed by atoms with Gasteiger partial charge in [0.2, 0.25) is 0 Å². The summed E-state index contributed by atoms with van der Waals surface area (Å²) in [6.07, 6.45) is 1.54. The summed E-state index contributed by atoms with van der Waals surface area (Å²) in [5.41, 5.74) is 2.15. The molecule has 0 aliphatic carbocycles. The van der Waals surface area contributed by atoms with E-state index >= 15 is 0 Å². The molecule has 1 heterocycles. The van der Waals surface area contributed by atoms with Gasteiger partial charge in [-0.25, -0.2) is 4.79 Å². The fraction of sp³-hybridized carbons (Fsp3) is 0.217. The first-order valence-electron chi connectivity index (χ1n) is 9.29. The summed E-state index contributed by atoms with van der Waals surface area (Å²) in [6, 6.07) is 19.2. The molecule has 0 unspecified atom stereocenters. The zero-order valence-corrected chi connectivity index (χ0v) is 15.7.